The Kier molecular flexibility index (Phi) is 17.1. The molecule has 0 amide bonds. The van der Waals surface area contributed by atoms with Crippen molar-refractivity contribution in [3.05, 3.63) is 0 Å². The number of carbonyl (C=O) groups is 1. The molecule has 0 aliphatic carbocycles. The summed E-state index contributed by atoms with van der Waals surface area (Å²) in [6.45, 7) is 5.51. The number of ether oxygens (including phenoxy) is 1. The fourth-order valence-corrected chi connectivity index (χ4v) is 3.39. The van der Waals surface area contributed by atoms with Gasteiger partial charge in [-0.05, 0) is 25.9 Å². The second kappa shape index (κ2) is 17.6. The fourth-order valence-electron chi connectivity index (χ4n) is 3.39. The lowest BCUT2D eigenvalue weighted by atomic mass is 10.1. The Morgan fingerprint density at radius 3 is 1.42 bits per heavy atom. The van der Waals surface area contributed by atoms with Crippen molar-refractivity contribution in [2.45, 2.75) is 116 Å². The van der Waals surface area contributed by atoms with Gasteiger partial charge < -0.3 is 4.74 Å². The molecule has 3 nitrogen and oxygen atoms in total. The van der Waals surface area contributed by atoms with Crippen LogP contribution in [0.5, 0.6) is 0 Å². The number of esters is 1. The summed E-state index contributed by atoms with van der Waals surface area (Å²) in [4.78, 5) is 13.2. The van der Waals surface area contributed by atoms with Gasteiger partial charge in [-0.1, -0.05) is 90.9 Å². The van der Waals surface area contributed by atoms with Gasteiger partial charge in [0.2, 0.25) is 0 Å². The number of halogens is 5. The Morgan fingerprint density at radius 1 is 0.645 bits per heavy atom. The van der Waals surface area contributed by atoms with Crippen molar-refractivity contribution >= 4 is 5.97 Å². The topological polar surface area (TPSA) is 29.5 Å². The molecule has 0 aromatic rings. The smallest absolute Gasteiger partial charge is 0.460 e. The van der Waals surface area contributed by atoms with E-state index in [1.807, 2.05) is 4.90 Å². The Morgan fingerprint density at radius 2 is 1.03 bits per heavy atom. The number of rotatable bonds is 20. The summed E-state index contributed by atoms with van der Waals surface area (Å²) in [6.07, 6.45) is 10.0. The van der Waals surface area contributed by atoms with Crippen LogP contribution in [0.15, 0.2) is 0 Å². The third kappa shape index (κ3) is 14.7. The van der Waals surface area contributed by atoms with Gasteiger partial charge in [0, 0.05) is 6.54 Å². The third-order valence-corrected chi connectivity index (χ3v) is 5.41. The molecule has 0 saturated heterocycles. The van der Waals surface area contributed by atoms with Crippen LogP contribution >= 0.6 is 0 Å². The SMILES string of the molecule is CCCCCCCCCN(CCCCCCCCC)CCOC(=O)C(F)(F)C(F)(F)F. The van der Waals surface area contributed by atoms with E-state index in [0.717, 1.165) is 51.6 Å². The van der Waals surface area contributed by atoms with E-state index in [1.54, 1.807) is 0 Å². The lowest BCUT2D eigenvalue weighted by Crippen LogP contribution is -2.45. The minimum absolute atomic E-state index is 0.172. The number of hydrogen-bond donors (Lipinski definition) is 0. The van der Waals surface area contributed by atoms with Crippen LogP contribution in [0.2, 0.25) is 0 Å². The van der Waals surface area contributed by atoms with Crippen molar-refractivity contribution in [1.82, 2.24) is 4.90 Å². The highest BCUT2D eigenvalue weighted by Gasteiger charge is 2.64. The molecule has 31 heavy (non-hydrogen) atoms. The van der Waals surface area contributed by atoms with Crippen LogP contribution < -0.4 is 0 Å². The summed E-state index contributed by atoms with van der Waals surface area (Å²) in [5.74, 6) is -7.98. The maximum Gasteiger partial charge on any atom is 0.465 e. The highest BCUT2D eigenvalue weighted by atomic mass is 19.4. The van der Waals surface area contributed by atoms with Gasteiger partial charge in [0.15, 0.2) is 0 Å². The fraction of sp³-hybridized carbons (Fsp3) is 0.957. The van der Waals surface area contributed by atoms with E-state index in [-0.39, 0.29) is 6.54 Å². The summed E-state index contributed by atoms with van der Waals surface area (Å²) in [5.41, 5.74) is 0. The van der Waals surface area contributed by atoms with Gasteiger partial charge in [-0.15, -0.1) is 0 Å². The van der Waals surface area contributed by atoms with Crippen LogP contribution in [0.4, 0.5) is 22.0 Å². The summed E-state index contributed by atoms with van der Waals surface area (Å²) in [7, 11) is 0. The number of alkyl halides is 5. The van der Waals surface area contributed by atoms with E-state index >= 15 is 0 Å². The maximum atomic E-state index is 13.0. The largest absolute Gasteiger partial charge is 0.465 e. The van der Waals surface area contributed by atoms with Crippen molar-refractivity contribution < 1.29 is 31.5 Å². The summed E-state index contributed by atoms with van der Waals surface area (Å²) >= 11 is 0. The Bertz CT molecular complexity index is 426. The first kappa shape index (κ1) is 30.1. The Hall–Kier alpha value is -0.920. The van der Waals surface area contributed by atoms with E-state index in [2.05, 4.69) is 18.6 Å². The van der Waals surface area contributed by atoms with E-state index < -0.39 is 24.7 Å². The zero-order chi connectivity index (χ0) is 23.6. The van der Waals surface area contributed by atoms with Gasteiger partial charge in [0.25, 0.3) is 0 Å². The van der Waals surface area contributed by atoms with E-state index in [4.69, 9.17) is 0 Å². The molecule has 0 heterocycles. The summed E-state index contributed by atoms with van der Waals surface area (Å²) < 4.78 is 67.0. The normalized spacial score (nSPS) is 12.5. The maximum absolute atomic E-state index is 13.0. The monoisotopic (exact) mass is 459 g/mol. The molecule has 186 valence electrons. The van der Waals surface area contributed by atoms with Crippen LogP contribution in [0.3, 0.4) is 0 Å². The minimum atomic E-state index is -5.93. The zero-order valence-electron chi connectivity index (χ0n) is 19.4. The van der Waals surface area contributed by atoms with Gasteiger partial charge in [0.05, 0.1) is 0 Å². The van der Waals surface area contributed by atoms with Crippen molar-refractivity contribution in [2.75, 3.05) is 26.2 Å². The molecule has 0 fully saturated rings. The van der Waals surface area contributed by atoms with Crippen molar-refractivity contribution in [1.29, 1.82) is 0 Å². The molecule has 0 aromatic heterocycles. The first-order chi connectivity index (χ1) is 14.7. The molecular formula is C23H42F5NO2. The number of hydrogen-bond acceptors (Lipinski definition) is 3. The second-order valence-electron chi connectivity index (χ2n) is 8.29. The van der Waals surface area contributed by atoms with Crippen molar-refractivity contribution in [3.63, 3.8) is 0 Å². The minimum Gasteiger partial charge on any atom is -0.460 e. The molecule has 0 atom stereocenters. The molecule has 0 saturated carbocycles. The lowest BCUT2D eigenvalue weighted by Gasteiger charge is -2.23. The molecule has 8 heteroatoms. The number of carbonyl (C=O) groups excluding carboxylic acids is 1. The van der Waals surface area contributed by atoms with Gasteiger partial charge in [-0.2, -0.15) is 22.0 Å². The van der Waals surface area contributed by atoms with Gasteiger partial charge >= 0.3 is 18.1 Å². The van der Waals surface area contributed by atoms with Crippen molar-refractivity contribution in [3.8, 4) is 0 Å². The Labute approximate surface area is 185 Å². The third-order valence-electron chi connectivity index (χ3n) is 5.41. The van der Waals surface area contributed by atoms with E-state index in [1.165, 1.54) is 51.4 Å². The quantitative estimate of drug-likeness (QED) is 0.107. The van der Waals surface area contributed by atoms with Gasteiger partial charge in [-0.25, -0.2) is 4.79 Å². The highest BCUT2D eigenvalue weighted by molar-refractivity contribution is 5.78. The molecule has 0 aromatic carbocycles. The molecule has 0 rings (SSSR count). The molecule has 0 radical (unpaired) electrons. The predicted molar refractivity (Wildman–Crippen MR) is 114 cm³/mol. The van der Waals surface area contributed by atoms with E-state index in [0.29, 0.717) is 0 Å². The zero-order valence-corrected chi connectivity index (χ0v) is 19.4. The molecule has 0 spiro atoms. The predicted octanol–water partition coefficient (Wildman–Crippen LogP) is 7.53. The number of unbranched alkanes of at least 4 members (excludes halogenated alkanes) is 12. The van der Waals surface area contributed by atoms with Crippen LogP contribution in [-0.2, 0) is 9.53 Å². The molecule has 0 aliphatic rings. The first-order valence-corrected chi connectivity index (χ1v) is 12.0. The average Bonchev–Trinajstić information content (AvgIpc) is 2.70. The number of nitrogens with zero attached hydrogens (tertiary/aromatic N) is 1. The molecular weight excluding hydrogens is 417 g/mol. The Balaban J connectivity index is 4.31. The van der Waals surface area contributed by atoms with Crippen LogP contribution in [-0.4, -0.2) is 49.2 Å². The summed E-state index contributed by atoms with van der Waals surface area (Å²) in [5, 5.41) is 0. The first-order valence-electron chi connectivity index (χ1n) is 12.0. The standard InChI is InChI=1S/C23H42F5NO2/c1-3-5-7-9-11-13-15-17-29(18-16-14-12-10-8-6-4-2)19-20-31-21(30)22(24,25)23(26,27)28/h3-20H2,1-2H3. The van der Waals surface area contributed by atoms with Crippen LogP contribution in [0.1, 0.15) is 104 Å². The second-order valence-corrected chi connectivity index (χ2v) is 8.29. The molecule has 0 N–H and O–H groups in total. The van der Waals surface area contributed by atoms with E-state index in [9.17, 15) is 26.7 Å². The van der Waals surface area contributed by atoms with Crippen molar-refractivity contribution in [2.24, 2.45) is 0 Å². The molecule has 0 bridgehead atoms. The van der Waals surface area contributed by atoms with Crippen LogP contribution in [0.25, 0.3) is 0 Å². The lowest BCUT2D eigenvalue weighted by molar-refractivity contribution is -0.280. The highest BCUT2D eigenvalue weighted by Crippen LogP contribution is 2.36. The van der Waals surface area contributed by atoms with Gasteiger partial charge in [0.1, 0.15) is 6.61 Å². The average molecular weight is 460 g/mol. The molecule has 0 aliphatic heterocycles. The van der Waals surface area contributed by atoms with Gasteiger partial charge in [-0.3, -0.25) is 4.90 Å². The van der Waals surface area contributed by atoms with Crippen LogP contribution in [0, 0.1) is 0 Å². The summed E-state index contributed by atoms with van der Waals surface area (Å²) in [6, 6.07) is 0. The molecule has 0 unspecified atom stereocenters.